The van der Waals surface area contributed by atoms with Crippen molar-refractivity contribution in [3.05, 3.63) is 54.4 Å². The van der Waals surface area contributed by atoms with Gasteiger partial charge in [-0.05, 0) is 31.9 Å². The average Bonchev–Trinajstić information content (AvgIpc) is 3.26. The van der Waals surface area contributed by atoms with Crippen LogP contribution in [0, 0.1) is 0 Å². The van der Waals surface area contributed by atoms with E-state index in [9.17, 15) is 4.79 Å². The maximum Gasteiger partial charge on any atom is 0.338 e. The highest BCUT2D eigenvalue weighted by atomic mass is 16.5. The van der Waals surface area contributed by atoms with Crippen LogP contribution in [0.3, 0.4) is 0 Å². The lowest BCUT2D eigenvalue weighted by atomic mass is 10.1. The molecule has 3 rings (SSSR count). The van der Waals surface area contributed by atoms with Crippen LogP contribution in [0.4, 0.5) is 0 Å². The molecule has 1 aliphatic rings. The third-order valence-electron chi connectivity index (χ3n) is 3.62. The molecule has 0 N–H and O–H groups in total. The summed E-state index contributed by atoms with van der Waals surface area (Å²) in [5, 5.41) is 4.46. The Balaban J connectivity index is 2.01. The first-order chi connectivity index (χ1) is 10.2. The molecule has 21 heavy (non-hydrogen) atoms. The summed E-state index contributed by atoms with van der Waals surface area (Å²) in [6.45, 7) is 6.04. The number of aromatic nitrogens is 2. The molecule has 0 saturated heterocycles. The highest BCUT2D eigenvalue weighted by Gasteiger charge is 2.32. The summed E-state index contributed by atoms with van der Waals surface area (Å²) in [5.41, 5.74) is 3.27. The molecule has 1 aliphatic carbocycles. The van der Waals surface area contributed by atoms with E-state index in [4.69, 9.17) is 4.74 Å². The lowest BCUT2D eigenvalue weighted by Crippen LogP contribution is -2.08. The van der Waals surface area contributed by atoms with Gasteiger partial charge in [0, 0.05) is 11.5 Å². The third kappa shape index (κ3) is 2.61. The second kappa shape index (κ2) is 5.56. The number of hydrogen-bond acceptors (Lipinski definition) is 3. The number of ether oxygens (including phenoxy) is 1. The Labute approximate surface area is 124 Å². The van der Waals surface area contributed by atoms with Crippen LogP contribution in [0.25, 0.3) is 11.3 Å². The van der Waals surface area contributed by atoms with Crippen molar-refractivity contribution in [1.29, 1.82) is 0 Å². The fraction of sp³-hybridized carbons (Fsp3) is 0.294. The van der Waals surface area contributed by atoms with Crippen LogP contribution in [0.1, 0.15) is 36.9 Å². The van der Waals surface area contributed by atoms with Crippen LogP contribution in [0.15, 0.2) is 43.1 Å². The molecular formula is C17H18N2O2. The van der Waals surface area contributed by atoms with E-state index >= 15 is 0 Å². The number of esters is 1. The fourth-order valence-electron chi connectivity index (χ4n) is 2.44. The van der Waals surface area contributed by atoms with Gasteiger partial charge in [0.1, 0.15) is 0 Å². The number of hydrogen-bond donors (Lipinski definition) is 0. The quantitative estimate of drug-likeness (QED) is 0.624. The minimum absolute atomic E-state index is 0.351. The minimum atomic E-state index is -0.369. The molecule has 0 radical (unpaired) electrons. The third-order valence-corrected chi connectivity index (χ3v) is 3.62. The maximum absolute atomic E-state index is 11.9. The Hall–Kier alpha value is -2.36. The largest absolute Gasteiger partial charge is 0.462 e. The summed E-state index contributed by atoms with van der Waals surface area (Å²) in [4.78, 5) is 11.9. The van der Waals surface area contributed by atoms with Crippen molar-refractivity contribution >= 4 is 11.5 Å². The van der Waals surface area contributed by atoms with Crippen LogP contribution < -0.4 is 0 Å². The molecule has 1 heterocycles. The molecule has 0 bridgehead atoms. The molecule has 1 aromatic heterocycles. The van der Waals surface area contributed by atoms with Gasteiger partial charge >= 0.3 is 5.97 Å². The average molecular weight is 282 g/mol. The van der Waals surface area contributed by atoms with Crippen molar-refractivity contribution in [2.45, 2.75) is 25.7 Å². The molecule has 2 aromatic rings. The van der Waals surface area contributed by atoms with E-state index in [2.05, 4.69) is 11.7 Å². The van der Waals surface area contributed by atoms with E-state index < -0.39 is 0 Å². The molecule has 4 nitrogen and oxygen atoms in total. The van der Waals surface area contributed by atoms with Gasteiger partial charge in [-0.2, -0.15) is 5.10 Å². The normalized spacial score (nSPS) is 14.0. The smallest absolute Gasteiger partial charge is 0.338 e. The number of rotatable bonds is 5. The first kappa shape index (κ1) is 13.6. The van der Waals surface area contributed by atoms with Gasteiger partial charge in [0.2, 0.25) is 0 Å². The molecule has 0 unspecified atom stereocenters. The molecule has 1 saturated carbocycles. The minimum Gasteiger partial charge on any atom is -0.462 e. The summed E-state index contributed by atoms with van der Waals surface area (Å²) in [6, 6.07) is 9.95. The first-order valence-corrected chi connectivity index (χ1v) is 7.22. The van der Waals surface area contributed by atoms with E-state index in [-0.39, 0.29) is 5.97 Å². The zero-order valence-electron chi connectivity index (χ0n) is 12.1. The van der Waals surface area contributed by atoms with E-state index in [1.807, 2.05) is 35.0 Å². The summed E-state index contributed by atoms with van der Waals surface area (Å²) in [6.07, 6.45) is 3.98. The highest BCUT2D eigenvalue weighted by Crippen LogP contribution is 2.43. The monoisotopic (exact) mass is 282 g/mol. The highest BCUT2D eigenvalue weighted by molar-refractivity contribution is 6.16. The Kier molecular flexibility index (Phi) is 3.60. The second-order valence-corrected chi connectivity index (χ2v) is 5.16. The molecule has 108 valence electrons. The Morgan fingerprint density at radius 1 is 1.38 bits per heavy atom. The Bertz CT molecular complexity index is 669. The molecular weight excluding hydrogens is 264 g/mol. The van der Waals surface area contributed by atoms with Gasteiger partial charge in [-0.25, -0.2) is 9.48 Å². The second-order valence-electron chi connectivity index (χ2n) is 5.16. The number of carbonyl (C=O) groups excluding carboxylic acids is 1. The first-order valence-electron chi connectivity index (χ1n) is 7.22. The summed E-state index contributed by atoms with van der Waals surface area (Å²) < 4.78 is 6.97. The standard InChI is InChI=1S/C17H18N2O2/c1-3-21-17(20)12(2)15-11-18-19(16(15)13-9-10-13)14-7-5-4-6-8-14/h4-8,11,13H,2-3,9-10H2,1H3. The predicted molar refractivity (Wildman–Crippen MR) is 81.2 cm³/mol. The molecule has 0 atom stereocenters. The zero-order chi connectivity index (χ0) is 14.8. The SMILES string of the molecule is C=C(C(=O)OCC)c1cnn(-c2ccccc2)c1C1CC1. The number of para-hydroxylation sites is 1. The van der Waals surface area contributed by atoms with Crippen molar-refractivity contribution in [2.24, 2.45) is 0 Å². The molecule has 0 spiro atoms. The van der Waals surface area contributed by atoms with E-state index in [1.54, 1.807) is 13.1 Å². The van der Waals surface area contributed by atoms with E-state index in [0.717, 1.165) is 29.8 Å². The van der Waals surface area contributed by atoms with Gasteiger partial charge in [0.05, 0.1) is 29.8 Å². The van der Waals surface area contributed by atoms with Crippen LogP contribution in [0.2, 0.25) is 0 Å². The number of nitrogens with zero attached hydrogens (tertiary/aromatic N) is 2. The van der Waals surface area contributed by atoms with Gasteiger partial charge < -0.3 is 4.74 Å². The van der Waals surface area contributed by atoms with Crippen LogP contribution in [-0.2, 0) is 9.53 Å². The molecule has 4 heteroatoms. The van der Waals surface area contributed by atoms with Gasteiger partial charge in [-0.15, -0.1) is 0 Å². The summed E-state index contributed by atoms with van der Waals surface area (Å²) in [7, 11) is 0. The van der Waals surface area contributed by atoms with Crippen molar-refractivity contribution in [3.8, 4) is 5.69 Å². The number of carbonyl (C=O) groups is 1. The zero-order valence-corrected chi connectivity index (χ0v) is 12.1. The van der Waals surface area contributed by atoms with Gasteiger partial charge in [0.15, 0.2) is 0 Å². The lowest BCUT2D eigenvalue weighted by Gasteiger charge is -2.10. The van der Waals surface area contributed by atoms with E-state index in [1.165, 1.54) is 0 Å². The lowest BCUT2D eigenvalue weighted by molar-refractivity contribution is -0.136. The summed E-state index contributed by atoms with van der Waals surface area (Å²) in [5.74, 6) is 0.0842. The summed E-state index contributed by atoms with van der Waals surface area (Å²) >= 11 is 0. The molecule has 0 aliphatic heterocycles. The van der Waals surface area contributed by atoms with Crippen LogP contribution in [0.5, 0.6) is 0 Å². The predicted octanol–water partition coefficient (Wildman–Crippen LogP) is 3.33. The molecule has 1 aromatic carbocycles. The Morgan fingerprint density at radius 3 is 2.71 bits per heavy atom. The van der Waals surface area contributed by atoms with Gasteiger partial charge in [0.25, 0.3) is 0 Å². The topological polar surface area (TPSA) is 44.1 Å². The van der Waals surface area contributed by atoms with Crippen molar-refractivity contribution in [1.82, 2.24) is 9.78 Å². The van der Waals surface area contributed by atoms with Gasteiger partial charge in [-0.1, -0.05) is 24.8 Å². The molecule has 1 fully saturated rings. The van der Waals surface area contributed by atoms with E-state index in [0.29, 0.717) is 18.1 Å². The molecule has 0 amide bonds. The van der Waals surface area contributed by atoms with Crippen LogP contribution >= 0.6 is 0 Å². The van der Waals surface area contributed by atoms with Crippen molar-refractivity contribution in [3.63, 3.8) is 0 Å². The van der Waals surface area contributed by atoms with Crippen molar-refractivity contribution < 1.29 is 9.53 Å². The number of benzene rings is 1. The van der Waals surface area contributed by atoms with Crippen molar-refractivity contribution in [2.75, 3.05) is 6.61 Å². The Morgan fingerprint density at radius 2 is 2.10 bits per heavy atom. The van der Waals surface area contributed by atoms with Gasteiger partial charge in [-0.3, -0.25) is 0 Å². The maximum atomic E-state index is 11.9. The van der Waals surface area contributed by atoms with Crippen LogP contribution in [-0.4, -0.2) is 22.4 Å². The fourth-order valence-corrected chi connectivity index (χ4v) is 2.44.